The van der Waals surface area contributed by atoms with Crippen molar-refractivity contribution in [2.45, 2.75) is 57.5 Å². The van der Waals surface area contributed by atoms with Crippen LogP contribution in [0, 0.1) is 6.92 Å². The number of halogens is 1. The summed E-state index contributed by atoms with van der Waals surface area (Å²) in [5.74, 6) is -0.282. The molecule has 0 unspecified atom stereocenters. The summed E-state index contributed by atoms with van der Waals surface area (Å²) in [6.07, 6.45) is 2.05. The molecular weight excluding hydrogens is 562 g/mol. The molecule has 0 spiro atoms. The van der Waals surface area contributed by atoms with Crippen molar-refractivity contribution < 1.29 is 22.7 Å². The number of hydrogen-bond donors (Lipinski definition) is 1. The standard InChI is InChI=1S/C31H38ClN3O5S/c1-5-7-20-33-31(37)29(6-2)34(21-24-10-8-9-11-28(24)32)30(36)22-35(25-14-16-26(40-4)17-15-25)41(38,39)27-18-12-23(3)13-19-27/h8-19,29H,5-7,20-22H2,1-4H3,(H,33,37)/t29-/m0/s1. The first-order valence-electron chi connectivity index (χ1n) is 13.7. The molecule has 3 aromatic carbocycles. The summed E-state index contributed by atoms with van der Waals surface area (Å²) in [7, 11) is -2.64. The number of amides is 2. The van der Waals surface area contributed by atoms with Crippen LogP contribution in [0.4, 0.5) is 5.69 Å². The number of rotatable bonds is 14. The summed E-state index contributed by atoms with van der Waals surface area (Å²) >= 11 is 6.44. The second-order valence-electron chi connectivity index (χ2n) is 9.70. The minimum Gasteiger partial charge on any atom is -0.497 e. The molecule has 3 aromatic rings. The molecule has 0 bridgehead atoms. The van der Waals surface area contributed by atoms with Gasteiger partial charge in [0.05, 0.1) is 17.7 Å². The highest BCUT2D eigenvalue weighted by atomic mass is 35.5. The Hall–Kier alpha value is -3.56. The zero-order chi connectivity index (χ0) is 30.0. The highest BCUT2D eigenvalue weighted by molar-refractivity contribution is 7.92. The SMILES string of the molecule is CCCCNC(=O)[C@H](CC)N(Cc1ccccc1Cl)C(=O)CN(c1ccc(OC)cc1)S(=O)(=O)c1ccc(C)cc1. The molecule has 3 rings (SSSR count). The maximum atomic E-state index is 14.1. The quantitative estimate of drug-likeness (QED) is 0.244. The number of benzene rings is 3. The van der Waals surface area contributed by atoms with Gasteiger partial charge in [0.15, 0.2) is 0 Å². The van der Waals surface area contributed by atoms with Gasteiger partial charge in [-0.25, -0.2) is 8.42 Å². The van der Waals surface area contributed by atoms with Gasteiger partial charge in [-0.2, -0.15) is 0 Å². The Morgan fingerprint density at radius 1 is 0.976 bits per heavy atom. The molecule has 0 saturated carbocycles. The first-order valence-corrected chi connectivity index (χ1v) is 15.5. The molecule has 41 heavy (non-hydrogen) atoms. The smallest absolute Gasteiger partial charge is 0.264 e. The van der Waals surface area contributed by atoms with E-state index in [2.05, 4.69) is 5.32 Å². The lowest BCUT2D eigenvalue weighted by atomic mass is 10.1. The highest BCUT2D eigenvalue weighted by Gasteiger charge is 2.34. The summed E-state index contributed by atoms with van der Waals surface area (Å²) in [6, 6.07) is 19.2. The normalized spacial score (nSPS) is 11.9. The maximum absolute atomic E-state index is 14.1. The molecule has 1 N–H and O–H groups in total. The number of ether oxygens (including phenoxy) is 1. The van der Waals surface area contributed by atoms with Crippen molar-refractivity contribution >= 4 is 39.1 Å². The number of carbonyl (C=O) groups is 2. The van der Waals surface area contributed by atoms with Crippen molar-refractivity contribution in [1.82, 2.24) is 10.2 Å². The lowest BCUT2D eigenvalue weighted by molar-refractivity contribution is -0.140. The fourth-order valence-corrected chi connectivity index (χ4v) is 5.96. The molecule has 1 atom stereocenters. The van der Waals surface area contributed by atoms with Crippen LogP contribution >= 0.6 is 11.6 Å². The number of sulfonamides is 1. The first kappa shape index (κ1) is 32.0. The van der Waals surface area contributed by atoms with Crippen molar-refractivity contribution in [2.24, 2.45) is 0 Å². The van der Waals surface area contributed by atoms with Crippen LogP contribution in [0.25, 0.3) is 0 Å². The molecule has 0 aliphatic rings. The third-order valence-corrected chi connectivity index (χ3v) is 8.92. The Bertz CT molecular complexity index is 1410. The number of nitrogens with zero attached hydrogens (tertiary/aromatic N) is 2. The third kappa shape index (κ3) is 8.24. The Balaban J connectivity index is 2.05. The second-order valence-corrected chi connectivity index (χ2v) is 12.0. The van der Waals surface area contributed by atoms with Gasteiger partial charge in [0.25, 0.3) is 10.0 Å². The number of methoxy groups -OCH3 is 1. The minimum absolute atomic E-state index is 0.0409. The van der Waals surface area contributed by atoms with E-state index in [1.807, 2.05) is 20.8 Å². The van der Waals surface area contributed by atoms with Crippen molar-refractivity contribution in [3.8, 4) is 5.75 Å². The van der Waals surface area contributed by atoms with Crippen molar-refractivity contribution in [2.75, 3.05) is 24.5 Å². The second kappa shape index (κ2) is 14.9. The van der Waals surface area contributed by atoms with Gasteiger partial charge < -0.3 is 15.0 Å². The summed E-state index contributed by atoms with van der Waals surface area (Å²) in [6.45, 7) is 5.72. The molecule has 0 heterocycles. The van der Waals surface area contributed by atoms with E-state index in [-0.39, 0.29) is 23.0 Å². The number of anilines is 1. The van der Waals surface area contributed by atoms with Crippen LogP contribution in [-0.2, 0) is 26.2 Å². The van der Waals surface area contributed by atoms with Crippen molar-refractivity contribution in [1.29, 1.82) is 0 Å². The minimum atomic E-state index is -4.15. The Morgan fingerprint density at radius 2 is 1.63 bits per heavy atom. The molecule has 8 nitrogen and oxygen atoms in total. The molecule has 0 radical (unpaired) electrons. The van der Waals surface area contributed by atoms with E-state index >= 15 is 0 Å². The summed E-state index contributed by atoms with van der Waals surface area (Å²) in [5.41, 5.74) is 1.85. The lowest BCUT2D eigenvalue weighted by Crippen LogP contribution is -2.52. The monoisotopic (exact) mass is 599 g/mol. The van der Waals surface area contributed by atoms with Gasteiger partial charge >= 0.3 is 0 Å². The van der Waals surface area contributed by atoms with Crippen LogP contribution < -0.4 is 14.4 Å². The maximum Gasteiger partial charge on any atom is 0.264 e. The molecule has 0 saturated heterocycles. The van der Waals surface area contributed by atoms with Crippen LogP contribution in [0.2, 0.25) is 5.02 Å². The summed E-state index contributed by atoms with van der Waals surface area (Å²) in [5, 5.41) is 3.37. The number of hydrogen-bond acceptors (Lipinski definition) is 5. The zero-order valence-corrected chi connectivity index (χ0v) is 25.5. The van der Waals surface area contributed by atoms with Gasteiger partial charge in [-0.3, -0.25) is 13.9 Å². The number of nitrogens with one attached hydrogen (secondary N) is 1. The van der Waals surface area contributed by atoms with Crippen molar-refractivity contribution in [3.05, 3.63) is 88.9 Å². The molecule has 0 aliphatic carbocycles. The predicted octanol–water partition coefficient (Wildman–Crippen LogP) is 5.58. The molecule has 220 valence electrons. The molecule has 10 heteroatoms. The van der Waals surface area contributed by atoms with E-state index in [0.29, 0.717) is 29.3 Å². The van der Waals surface area contributed by atoms with Crippen molar-refractivity contribution in [3.63, 3.8) is 0 Å². The predicted molar refractivity (Wildman–Crippen MR) is 163 cm³/mol. The fraction of sp³-hybridized carbons (Fsp3) is 0.355. The molecule has 0 aliphatic heterocycles. The Morgan fingerprint density at radius 3 is 2.22 bits per heavy atom. The molecule has 0 fully saturated rings. The van der Waals surface area contributed by atoms with E-state index in [1.54, 1.807) is 60.7 Å². The van der Waals surface area contributed by atoms with Crippen LogP contribution in [0.15, 0.2) is 77.7 Å². The fourth-order valence-electron chi connectivity index (χ4n) is 4.35. The molecular formula is C31H38ClN3O5S. The number of aryl methyl sites for hydroxylation is 1. The Labute approximate surface area is 248 Å². The van der Waals surface area contributed by atoms with Gasteiger partial charge in [-0.15, -0.1) is 0 Å². The third-order valence-electron chi connectivity index (χ3n) is 6.76. The van der Waals surface area contributed by atoms with E-state index in [1.165, 1.54) is 24.1 Å². The number of carbonyl (C=O) groups excluding carboxylic acids is 2. The first-order chi connectivity index (χ1) is 19.6. The van der Waals surface area contributed by atoms with E-state index in [4.69, 9.17) is 16.3 Å². The van der Waals surface area contributed by atoms with Crippen LogP contribution in [0.5, 0.6) is 5.75 Å². The van der Waals surface area contributed by atoms with Gasteiger partial charge in [-0.1, -0.05) is 67.8 Å². The molecule has 0 aromatic heterocycles. The van der Waals surface area contributed by atoms with Crippen LogP contribution in [-0.4, -0.2) is 51.4 Å². The van der Waals surface area contributed by atoms with E-state index in [9.17, 15) is 18.0 Å². The Kier molecular flexibility index (Phi) is 11.6. The van der Waals surface area contributed by atoms with Crippen LogP contribution in [0.1, 0.15) is 44.2 Å². The lowest BCUT2D eigenvalue weighted by Gasteiger charge is -2.33. The zero-order valence-electron chi connectivity index (χ0n) is 24.0. The summed E-state index contributed by atoms with van der Waals surface area (Å²) in [4.78, 5) is 28.8. The molecule has 2 amide bonds. The van der Waals surface area contributed by atoms with Gasteiger partial charge in [0, 0.05) is 18.1 Å². The number of unbranched alkanes of at least 4 members (excludes halogenated alkanes) is 1. The van der Waals surface area contributed by atoms with Crippen LogP contribution in [0.3, 0.4) is 0 Å². The summed E-state index contributed by atoms with van der Waals surface area (Å²) < 4.78 is 34.2. The van der Waals surface area contributed by atoms with E-state index in [0.717, 1.165) is 22.7 Å². The van der Waals surface area contributed by atoms with E-state index < -0.39 is 28.5 Å². The largest absolute Gasteiger partial charge is 0.497 e. The average molecular weight is 600 g/mol. The van der Waals surface area contributed by atoms with Gasteiger partial charge in [-0.05, 0) is 67.8 Å². The van der Waals surface area contributed by atoms with Gasteiger partial charge in [0.2, 0.25) is 11.8 Å². The average Bonchev–Trinajstić information content (AvgIpc) is 2.97. The van der Waals surface area contributed by atoms with Gasteiger partial charge in [0.1, 0.15) is 18.3 Å². The topological polar surface area (TPSA) is 96.0 Å². The highest BCUT2D eigenvalue weighted by Crippen LogP contribution is 2.27.